The highest BCUT2D eigenvalue weighted by atomic mass is 19.3. The summed E-state index contributed by atoms with van der Waals surface area (Å²) in [5.41, 5.74) is 0. The number of alkyl halides is 2. The summed E-state index contributed by atoms with van der Waals surface area (Å²) in [5, 5.41) is 0. The molecule has 1 aliphatic heterocycles. The maximum Gasteiger partial charge on any atom is 0.361 e. The van der Waals surface area contributed by atoms with Crippen molar-refractivity contribution in [1.29, 1.82) is 0 Å². The second kappa shape index (κ2) is 8.13. The smallest absolute Gasteiger partial charge is 0.316 e. The van der Waals surface area contributed by atoms with Crippen LogP contribution in [0.1, 0.15) is 84.0 Å². The largest absolute Gasteiger partial charge is 0.361 e. The Labute approximate surface area is 164 Å². The summed E-state index contributed by atoms with van der Waals surface area (Å²) >= 11 is 0. The van der Waals surface area contributed by atoms with Crippen LogP contribution in [-0.4, -0.2) is 12.2 Å². The Morgan fingerprint density at radius 3 is 1.74 bits per heavy atom. The average Bonchev–Trinajstić information content (AvgIpc) is 2.68. The minimum atomic E-state index is -2.87. The molecule has 2 atom stereocenters. The molecule has 0 bridgehead atoms. The summed E-state index contributed by atoms with van der Waals surface area (Å²) in [6.45, 7) is 6.23. The fraction of sp³-hybridized carbons (Fsp3) is 0.917. The molecule has 1 heterocycles. The normalized spacial score (nSPS) is 47.8. The lowest BCUT2D eigenvalue weighted by molar-refractivity contribution is -0.418. The van der Waals surface area contributed by atoms with Crippen molar-refractivity contribution < 1.29 is 13.5 Å². The molecule has 3 aliphatic carbocycles. The van der Waals surface area contributed by atoms with Crippen molar-refractivity contribution >= 4 is 0 Å². The fourth-order valence-corrected chi connectivity index (χ4v) is 6.83. The Hall–Kier alpha value is -0.440. The topological polar surface area (TPSA) is 9.23 Å². The van der Waals surface area contributed by atoms with E-state index in [0.29, 0.717) is 11.8 Å². The first-order valence-electron chi connectivity index (χ1n) is 11.7. The van der Waals surface area contributed by atoms with E-state index in [0.717, 1.165) is 56.3 Å². The van der Waals surface area contributed by atoms with Crippen molar-refractivity contribution in [1.82, 2.24) is 0 Å². The van der Waals surface area contributed by atoms with E-state index in [4.69, 9.17) is 4.74 Å². The standard InChI is InChI=1S/C24H38F2O/c1-3-17-6-10-18(11-7-17)19-12-14-20(15-13-19)22-23(27-24(22,25)26)21-8-4-16(2)5-9-21/h3,16-23H,1,4-15H2,2H3/t16?,17-,18-,19?,20?,21?,22-,23-/m0/s1. The lowest BCUT2D eigenvalue weighted by atomic mass is 9.63. The van der Waals surface area contributed by atoms with Crippen LogP contribution in [0.4, 0.5) is 8.78 Å². The molecule has 154 valence electrons. The summed E-state index contributed by atoms with van der Waals surface area (Å²) in [6, 6.07) is 0. The molecule has 0 amide bonds. The van der Waals surface area contributed by atoms with Gasteiger partial charge in [0.25, 0.3) is 0 Å². The first-order valence-corrected chi connectivity index (χ1v) is 11.7. The summed E-state index contributed by atoms with van der Waals surface area (Å²) in [5.74, 6) is 3.12. The van der Waals surface area contributed by atoms with Crippen molar-refractivity contribution in [2.24, 2.45) is 41.4 Å². The lowest BCUT2D eigenvalue weighted by Crippen LogP contribution is -2.61. The zero-order valence-corrected chi connectivity index (χ0v) is 17.1. The molecule has 1 nitrogen and oxygen atoms in total. The summed E-state index contributed by atoms with van der Waals surface area (Å²) in [4.78, 5) is 0. The summed E-state index contributed by atoms with van der Waals surface area (Å²) < 4.78 is 33.9. The fourth-order valence-electron chi connectivity index (χ4n) is 6.83. The molecule has 0 aromatic rings. The van der Waals surface area contributed by atoms with Crippen molar-refractivity contribution in [2.75, 3.05) is 0 Å². The molecular weight excluding hydrogens is 342 g/mol. The molecule has 0 aromatic carbocycles. The first-order chi connectivity index (χ1) is 13.0. The maximum atomic E-state index is 14.4. The number of rotatable bonds is 4. The number of halogens is 2. The second-order valence-corrected chi connectivity index (χ2v) is 10.3. The molecule has 3 saturated carbocycles. The molecule has 0 spiro atoms. The van der Waals surface area contributed by atoms with Gasteiger partial charge in [-0.15, -0.1) is 6.58 Å². The molecular formula is C24H38F2O. The van der Waals surface area contributed by atoms with Crippen LogP contribution < -0.4 is 0 Å². The van der Waals surface area contributed by atoms with Crippen LogP contribution in [0, 0.1) is 41.4 Å². The summed E-state index contributed by atoms with van der Waals surface area (Å²) in [7, 11) is 0. The molecule has 1 saturated heterocycles. The Kier molecular flexibility index (Phi) is 5.98. The van der Waals surface area contributed by atoms with Gasteiger partial charge in [0, 0.05) is 0 Å². The zero-order valence-electron chi connectivity index (χ0n) is 17.1. The zero-order chi connectivity index (χ0) is 19.0. The molecule has 4 aliphatic rings. The minimum absolute atomic E-state index is 0.169. The van der Waals surface area contributed by atoms with Crippen molar-refractivity contribution in [3.8, 4) is 0 Å². The third-order valence-corrected chi connectivity index (χ3v) is 8.70. The van der Waals surface area contributed by atoms with Gasteiger partial charge >= 0.3 is 6.11 Å². The molecule has 0 N–H and O–H groups in total. The van der Waals surface area contributed by atoms with Crippen LogP contribution in [0.15, 0.2) is 12.7 Å². The first kappa shape index (κ1) is 19.9. The Bertz CT molecular complexity index is 495. The van der Waals surface area contributed by atoms with Crippen LogP contribution in [0.2, 0.25) is 0 Å². The van der Waals surface area contributed by atoms with Gasteiger partial charge in [0.1, 0.15) is 0 Å². The van der Waals surface area contributed by atoms with Gasteiger partial charge in [-0.1, -0.05) is 25.8 Å². The predicted molar refractivity (Wildman–Crippen MR) is 106 cm³/mol. The molecule has 0 radical (unpaired) electrons. The van der Waals surface area contributed by atoms with E-state index in [1.807, 2.05) is 0 Å². The van der Waals surface area contributed by atoms with Gasteiger partial charge in [0.15, 0.2) is 0 Å². The van der Waals surface area contributed by atoms with Crippen LogP contribution in [-0.2, 0) is 4.74 Å². The van der Waals surface area contributed by atoms with Crippen LogP contribution >= 0.6 is 0 Å². The lowest BCUT2D eigenvalue weighted by Gasteiger charge is -2.53. The van der Waals surface area contributed by atoms with Gasteiger partial charge in [0.2, 0.25) is 0 Å². The van der Waals surface area contributed by atoms with Gasteiger partial charge in [-0.25, -0.2) is 0 Å². The molecule has 27 heavy (non-hydrogen) atoms. The van der Waals surface area contributed by atoms with E-state index in [1.165, 1.54) is 38.5 Å². The number of hydrogen-bond donors (Lipinski definition) is 0. The highest BCUT2D eigenvalue weighted by molar-refractivity contribution is 4.98. The van der Waals surface area contributed by atoms with E-state index in [9.17, 15) is 8.78 Å². The van der Waals surface area contributed by atoms with Crippen molar-refractivity contribution in [2.45, 2.75) is 96.2 Å². The molecule has 4 rings (SSSR count). The molecule has 4 fully saturated rings. The van der Waals surface area contributed by atoms with Crippen LogP contribution in [0.3, 0.4) is 0 Å². The quantitative estimate of drug-likeness (QED) is 0.468. The van der Waals surface area contributed by atoms with E-state index < -0.39 is 12.0 Å². The Morgan fingerprint density at radius 2 is 1.22 bits per heavy atom. The molecule has 0 aromatic heterocycles. The van der Waals surface area contributed by atoms with Crippen LogP contribution in [0.25, 0.3) is 0 Å². The van der Waals surface area contributed by atoms with Gasteiger partial charge < -0.3 is 4.74 Å². The van der Waals surface area contributed by atoms with Gasteiger partial charge in [0.05, 0.1) is 12.0 Å². The van der Waals surface area contributed by atoms with E-state index >= 15 is 0 Å². The van der Waals surface area contributed by atoms with E-state index in [-0.39, 0.29) is 12.0 Å². The third-order valence-electron chi connectivity index (χ3n) is 8.70. The number of hydrogen-bond acceptors (Lipinski definition) is 1. The highest BCUT2D eigenvalue weighted by Gasteiger charge is 2.62. The Balaban J connectivity index is 1.30. The third kappa shape index (κ3) is 4.14. The molecule has 3 heteroatoms. The number of ether oxygens (including phenoxy) is 1. The summed E-state index contributed by atoms with van der Waals surface area (Å²) in [6.07, 6.45) is 13.1. The second-order valence-electron chi connectivity index (χ2n) is 10.3. The predicted octanol–water partition coefficient (Wildman–Crippen LogP) is 7.22. The molecule has 0 unspecified atom stereocenters. The number of allylic oxidation sites excluding steroid dienone is 1. The monoisotopic (exact) mass is 380 g/mol. The van der Waals surface area contributed by atoms with Crippen LogP contribution in [0.5, 0.6) is 0 Å². The highest BCUT2D eigenvalue weighted by Crippen LogP contribution is 2.55. The van der Waals surface area contributed by atoms with E-state index in [1.54, 1.807) is 0 Å². The van der Waals surface area contributed by atoms with Gasteiger partial charge in [-0.3, -0.25) is 0 Å². The van der Waals surface area contributed by atoms with E-state index in [2.05, 4.69) is 19.6 Å². The average molecular weight is 381 g/mol. The SMILES string of the molecule is C=C[C@H]1CC[C@H](C2CCC([C@H]3[C@H](C4CCC(C)CC4)OC3(F)F)CC2)CC1. The Morgan fingerprint density at radius 1 is 0.741 bits per heavy atom. The maximum absolute atomic E-state index is 14.4. The minimum Gasteiger partial charge on any atom is -0.316 e. The van der Waals surface area contributed by atoms with Crippen molar-refractivity contribution in [3.05, 3.63) is 12.7 Å². The van der Waals surface area contributed by atoms with Gasteiger partial charge in [-0.05, 0) is 99.7 Å². The van der Waals surface area contributed by atoms with Gasteiger partial charge in [-0.2, -0.15) is 8.78 Å². The van der Waals surface area contributed by atoms with Crippen molar-refractivity contribution in [3.63, 3.8) is 0 Å².